The number of hydrogen-bond acceptors (Lipinski definition) is 3. The summed E-state index contributed by atoms with van der Waals surface area (Å²) in [7, 11) is 0. The van der Waals surface area contributed by atoms with Crippen molar-refractivity contribution < 1.29 is 4.79 Å². The summed E-state index contributed by atoms with van der Waals surface area (Å²) in [4.78, 5) is 20.6. The molecule has 2 heterocycles. The molecular formula is C16H22N4O. The van der Waals surface area contributed by atoms with Crippen molar-refractivity contribution >= 4 is 5.91 Å². The first-order valence-electron chi connectivity index (χ1n) is 7.29. The Morgan fingerprint density at radius 2 is 2.14 bits per heavy atom. The van der Waals surface area contributed by atoms with Gasteiger partial charge < -0.3 is 9.88 Å². The molecule has 2 aromatic rings. The smallest absolute Gasteiger partial charge is 0.222 e. The predicted octanol–water partition coefficient (Wildman–Crippen LogP) is 2.55. The zero-order chi connectivity index (χ0) is 15.2. The molecule has 21 heavy (non-hydrogen) atoms. The second-order valence-corrected chi connectivity index (χ2v) is 5.20. The van der Waals surface area contributed by atoms with Crippen LogP contribution < -0.4 is 5.32 Å². The maximum atomic E-state index is 12.1. The van der Waals surface area contributed by atoms with E-state index in [1.54, 1.807) is 12.4 Å². The van der Waals surface area contributed by atoms with Crippen LogP contribution in [0.5, 0.6) is 0 Å². The number of carbonyl (C=O) groups is 1. The van der Waals surface area contributed by atoms with Crippen LogP contribution >= 0.6 is 0 Å². The Kier molecular flexibility index (Phi) is 5.09. The molecule has 0 saturated carbocycles. The minimum atomic E-state index is -0.0266. The summed E-state index contributed by atoms with van der Waals surface area (Å²) < 4.78 is 1.98. The lowest BCUT2D eigenvalue weighted by Gasteiger charge is -2.17. The van der Waals surface area contributed by atoms with Crippen LogP contribution in [-0.2, 0) is 11.3 Å². The van der Waals surface area contributed by atoms with Crippen molar-refractivity contribution in [2.75, 3.05) is 0 Å². The molecule has 1 atom stereocenters. The zero-order valence-electron chi connectivity index (χ0n) is 12.8. The van der Waals surface area contributed by atoms with Crippen LogP contribution in [0.3, 0.4) is 0 Å². The van der Waals surface area contributed by atoms with E-state index < -0.39 is 0 Å². The maximum absolute atomic E-state index is 12.1. The zero-order valence-corrected chi connectivity index (χ0v) is 12.8. The second-order valence-electron chi connectivity index (χ2n) is 5.20. The summed E-state index contributed by atoms with van der Waals surface area (Å²) >= 11 is 0. The molecule has 0 saturated heterocycles. The lowest BCUT2D eigenvalue weighted by Crippen LogP contribution is -2.29. The summed E-state index contributed by atoms with van der Waals surface area (Å²) in [5.41, 5.74) is 2.08. The van der Waals surface area contributed by atoms with Gasteiger partial charge in [0.1, 0.15) is 5.82 Å². The number of pyridine rings is 1. The molecule has 5 nitrogen and oxygen atoms in total. The number of rotatable bonds is 6. The molecule has 2 aromatic heterocycles. The van der Waals surface area contributed by atoms with Gasteiger partial charge in [0.2, 0.25) is 5.91 Å². The highest BCUT2D eigenvalue weighted by Crippen LogP contribution is 2.15. The molecule has 0 bridgehead atoms. The molecule has 5 heteroatoms. The molecule has 0 fully saturated rings. The van der Waals surface area contributed by atoms with E-state index in [-0.39, 0.29) is 11.9 Å². The molecule has 0 spiro atoms. The Hall–Kier alpha value is -2.17. The quantitative estimate of drug-likeness (QED) is 0.887. The summed E-state index contributed by atoms with van der Waals surface area (Å²) in [6, 6.07) is 3.95. The Labute approximate surface area is 125 Å². The number of nitrogens with zero attached hydrogens (tertiary/aromatic N) is 3. The Morgan fingerprint density at radius 1 is 1.33 bits per heavy atom. The Balaban J connectivity index is 1.92. The molecule has 0 aliphatic heterocycles. The number of nitrogens with one attached hydrogen (secondary N) is 1. The van der Waals surface area contributed by atoms with Gasteiger partial charge in [-0.05, 0) is 38.0 Å². The largest absolute Gasteiger partial charge is 0.348 e. The topological polar surface area (TPSA) is 59.8 Å². The van der Waals surface area contributed by atoms with Crippen LogP contribution in [-0.4, -0.2) is 20.4 Å². The lowest BCUT2D eigenvalue weighted by atomic mass is 10.1. The first kappa shape index (κ1) is 15.2. The predicted molar refractivity (Wildman–Crippen MR) is 81.7 cm³/mol. The highest BCUT2D eigenvalue weighted by molar-refractivity contribution is 5.76. The van der Waals surface area contributed by atoms with Crippen LogP contribution in [0.4, 0.5) is 0 Å². The monoisotopic (exact) mass is 286 g/mol. The van der Waals surface area contributed by atoms with E-state index in [1.165, 1.54) is 0 Å². The van der Waals surface area contributed by atoms with Crippen molar-refractivity contribution in [2.45, 2.75) is 46.2 Å². The van der Waals surface area contributed by atoms with Crippen LogP contribution in [0.25, 0.3) is 0 Å². The molecule has 0 aliphatic carbocycles. The number of aromatic nitrogens is 3. The molecule has 1 N–H and O–H groups in total. The van der Waals surface area contributed by atoms with E-state index >= 15 is 0 Å². The third-order valence-corrected chi connectivity index (χ3v) is 3.54. The SMILES string of the molecule is CC[C@@H](NC(=O)CCn1ccnc1C)c1cc(C)ccn1. The minimum Gasteiger partial charge on any atom is -0.348 e. The summed E-state index contributed by atoms with van der Waals surface area (Å²) in [6.45, 7) is 6.66. The number of carbonyl (C=O) groups excluding carboxylic acids is 1. The van der Waals surface area contributed by atoms with E-state index in [0.29, 0.717) is 13.0 Å². The first-order valence-corrected chi connectivity index (χ1v) is 7.29. The average molecular weight is 286 g/mol. The molecule has 0 aromatic carbocycles. The maximum Gasteiger partial charge on any atom is 0.222 e. The third kappa shape index (κ3) is 4.15. The first-order chi connectivity index (χ1) is 10.1. The average Bonchev–Trinajstić information content (AvgIpc) is 2.88. The van der Waals surface area contributed by atoms with Crippen molar-refractivity contribution in [2.24, 2.45) is 0 Å². The van der Waals surface area contributed by atoms with Gasteiger partial charge in [0.25, 0.3) is 0 Å². The Bertz CT molecular complexity index is 606. The molecule has 0 aliphatic rings. The molecule has 0 radical (unpaired) electrons. The van der Waals surface area contributed by atoms with Gasteiger partial charge in [-0.3, -0.25) is 9.78 Å². The van der Waals surface area contributed by atoms with Crippen LogP contribution in [0.15, 0.2) is 30.7 Å². The van der Waals surface area contributed by atoms with Crippen LogP contribution in [0.2, 0.25) is 0 Å². The number of aryl methyl sites for hydroxylation is 3. The fraction of sp³-hybridized carbons (Fsp3) is 0.438. The van der Waals surface area contributed by atoms with Gasteiger partial charge in [-0.1, -0.05) is 6.92 Å². The highest BCUT2D eigenvalue weighted by atomic mass is 16.1. The summed E-state index contributed by atoms with van der Waals surface area (Å²) in [5, 5.41) is 3.06. The van der Waals surface area contributed by atoms with Gasteiger partial charge in [0, 0.05) is 31.6 Å². The van der Waals surface area contributed by atoms with E-state index in [2.05, 4.69) is 22.2 Å². The third-order valence-electron chi connectivity index (χ3n) is 3.54. The highest BCUT2D eigenvalue weighted by Gasteiger charge is 2.14. The normalized spacial score (nSPS) is 12.1. The van der Waals surface area contributed by atoms with Crippen molar-refractivity contribution in [1.29, 1.82) is 0 Å². The summed E-state index contributed by atoms with van der Waals surface area (Å²) in [6.07, 6.45) is 6.70. The fourth-order valence-corrected chi connectivity index (χ4v) is 2.26. The molecule has 1 amide bonds. The molecule has 2 rings (SSSR count). The van der Waals surface area contributed by atoms with Crippen molar-refractivity contribution in [3.8, 4) is 0 Å². The summed E-state index contributed by atoms with van der Waals surface area (Å²) in [5.74, 6) is 0.966. The Morgan fingerprint density at radius 3 is 2.76 bits per heavy atom. The molecule has 112 valence electrons. The van der Waals surface area contributed by atoms with Gasteiger partial charge in [-0.15, -0.1) is 0 Å². The van der Waals surface area contributed by atoms with Gasteiger partial charge in [-0.2, -0.15) is 0 Å². The second kappa shape index (κ2) is 7.02. The fourth-order valence-electron chi connectivity index (χ4n) is 2.26. The molecular weight excluding hydrogens is 264 g/mol. The van der Waals surface area contributed by atoms with Gasteiger partial charge in [-0.25, -0.2) is 4.98 Å². The van der Waals surface area contributed by atoms with Crippen molar-refractivity contribution in [3.05, 3.63) is 47.8 Å². The van der Waals surface area contributed by atoms with Crippen LogP contribution in [0.1, 0.15) is 42.9 Å². The standard InChI is InChI=1S/C16H22N4O/c1-4-14(15-11-12(2)5-7-18-15)19-16(21)6-9-20-10-8-17-13(20)3/h5,7-8,10-11,14H,4,6,9H2,1-3H3,(H,19,21)/t14-/m1/s1. The number of hydrogen-bond donors (Lipinski definition) is 1. The van der Waals surface area contributed by atoms with Crippen molar-refractivity contribution in [3.63, 3.8) is 0 Å². The van der Waals surface area contributed by atoms with Gasteiger partial charge in [0.15, 0.2) is 0 Å². The minimum absolute atomic E-state index is 0.0266. The number of amides is 1. The van der Waals surface area contributed by atoms with Gasteiger partial charge >= 0.3 is 0 Å². The van der Waals surface area contributed by atoms with E-state index in [1.807, 2.05) is 36.7 Å². The van der Waals surface area contributed by atoms with E-state index in [9.17, 15) is 4.79 Å². The lowest BCUT2D eigenvalue weighted by molar-refractivity contribution is -0.122. The van der Waals surface area contributed by atoms with E-state index in [4.69, 9.17) is 0 Å². The van der Waals surface area contributed by atoms with Gasteiger partial charge in [0.05, 0.1) is 11.7 Å². The van der Waals surface area contributed by atoms with E-state index in [0.717, 1.165) is 23.5 Å². The van der Waals surface area contributed by atoms with Crippen LogP contribution in [0, 0.1) is 13.8 Å². The molecule has 0 unspecified atom stereocenters. The number of imidazole rings is 1. The van der Waals surface area contributed by atoms with Crippen molar-refractivity contribution in [1.82, 2.24) is 19.9 Å².